The van der Waals surface area contributed by atoms with Crippen LogP contribution in [0.15, 0.2) is 41.4 Å². The van der Waals surface area contributed by atoms with E-state index in [2.05, 4.69) is 30.8 Å². The number of nitrogens with one attached hydrogen (secondary N) is 2. The molecule has 2 N–H and O–H groups in total. The lowest BCUT2D eigenvalue weighted by molar-refractivity contribution is 0.0952. The fourth-order valence-corrected chi connectivity index (χ4v) is 3.25. The number of carbonyl (C=O) groups is 1. The number of thioether (sulfide) groups is 1. The van der Waals surface area contributed by atoms with E-state index in [0.29, 0.717) is 23.1 Å². The molecular formula is C14H15N7OS2. The van der Waals surface area contributed by atoms with Crippen molar-refractivity contribution in [3.05, 3.63) is 41.9 Å². The number of rotatable bonds is 7. The number of thiazole rings is 1. The van der Waals surface area contributed by atoms with Crippen LogP contribution in [0.5, 0.6) is 0 Å². The van der Waals surface area contributed by atoms with Crippen molar-refractivity contribution >= 4 is 39.8 Å². The maximum atomic E-state index is 12.1. The van der Waals surface area contributed by atoms with Crippen molar-refractivity contribution in [2.75, 3.05) is 17.6 Å². The molecule has 0 fully saturated rings. The zero-order valence-electron chi connectivity index (χ0n) is 12.8. The van der Waals surface area contributed by atoms with Crippen LogP contribution in [0.2, 0.25) is 0 Å². The number of aromatic nitrogens is 5. The van der Waals surface area contributed by atoms with E-state index < -0.39 is 0 Å². The largest absolute Gasteiger partial charge is 0.350 e. The normalized spacial score (nSPS) is 10.5. The van der Waals surface area contributed by atoms with Gasteiger partial charge in [0, 0.05) is 30.9 Å². The Bertz CT molecular complexity index is 802. The van der Waals surface area contributed by atoms with E-state index >= 15 is 0 Å². The van der Waals surface area contributed by atoms with Gasteiger partial charge in [-0.15, -0.1) is 21.5 Å². The number of nitrogens with zero attached hydrogens (tertiary/aromatic N) is 5. The maximum Gasteiger partial charge on any atom is 0.270 e. The Balaban J connectivity index is 1.46. The van der Waals surface area contributed by atoms with Gasteiger partial charge in [-0.25, -0.2) is 4.98 Å². The summed E-state index contributed by atoms with van der Waals surface area (Å²) in [6.07, 6.45) is 5.04. The molecule has 8 nitrogen and oxygen atoms in total. The molecule has 3 heterocycles. The van der Waals surface area contributed by atoms with Crippen molar-refractivity contribution in [3.63, 3.8) is 0 Å². The van der Waals surface area contributed by atoms with Crippen LogP contribution >= 0.6 is 23.1 Å². The topological polar surface area (TPSA) is 97.6 Å². The standard InChI is InChI=1S/C14H15N7OS2/c1-21-9-17-20-14(21)23-6-5-16-12(22)11-8-24-13(19-11)18-10-3-2-4-15-7-10/h2-4,7-9H,5-6H2,1H3,(H,16,22)(H,18,19). The smallest absolute Gasteiger partial charge is 0.270 e. The van der Waals surface area contributed by atoms with Crippen LogP contribution in [-0.2, 0) is 7.05 Å². The molecule has 0 aliphatic heterocycles. The van der Waals surface area contributed by atoms with Gasteiger partial charge in [0.15, 0.2) is 10.3 Å². The molecular weight excluding hydrogens is 346 g/mol. The Morgan fingerprint density at radius 3 is 3.12 bits per heavy atom. The van der Waals surface area contributed by atoms with E-state index in [1.807, 2.05) is 23.7 Å². The summed E-state index contributed by atoms with van der Waals surface area (Å²) >= 11 is 2.91. The van der Waals surface area contributed by atoms with Gasteiger partial charge in [0.25, 0.3) is 5.91 Å². The number of anilines is 2. The molecule has 1 amide bonds. The zero-order valence-corrected chi connectivity index (χ0v) is 14.5. The molecule has 24 heavy (non-hydrogen) atoms. The first kappa shape index (κ1) is 16.4. The van der Waals surface area contributed by atoms with Gasteiger partial charge in [0.1, 0.15) is 12.0 Å². The van der Waals surface area contributed by atoms with E-state index in [1.54, 1.807) is 24.1 Å². The summed E-state index contributed by atoms with van der Waals surface area (Å²) in [4.78, 5) is 20.4. The minimum absolute atomic E-state index is 0.191. The van der Waals surface area contributed by atoms with Gasteiger partial charge in [0.2, 0.25) is 0 Å². The Morgan fingerprint density at radius 2 is 2.38 bits per heavy atom. The van der Waals surface area contributed by atoms with Crippen LogP contribution in [0, 0.1) is 0 Å². The minimum Gasteiger partial charge on any atom is -0.350 e. The Morgan fingerprint density at radius 1 is 1.46 bits per heavy atom. The van der Waals surface area contributed by atoms with Crippen LogP contribution in [0.3, 0.4) is 0 Å². The van der Waals surface area contributed by atoms with Crippen molar-refractivity contribution in [3.8, 4) is 0 Å². The van der Waals surface area contributed by atoms with E-state index in [9.17, 15) is 4.79 Å². The number of hydrogen-bond acceptors (Lipinski definition) is 8. The molecule has 3 aromatic heterocycles. The third-order valence-electron chi connectivity index (χ3n) is 2.94. The van der Waals surface area contributed by atoms with Crippen LogP contribution in [0.25, 0.3) is 0 Å². The van der Waals surface area contributed by atoms with E-state index in [0.717, 1.165) is 10.8 Å². The van der Waals surface area contributed by atoms with Gasteiger partial charge in [-0.1, -0.05) is 11.8 Å². The Labute approximate surface area is 146 Å². The van der Waals surface area contributed by atoms with Gasteiger partial charge in [-0.2, -0.15) is 0 Å². The molecule has 0 spiro atoms. The minimum atomic E-state index is -0.191. The molecule has 0 saturated heterocycles. The van der Waals surface area contributed by atoms with Gasteiger partial charge in [-0.3, -0.25) is 9.78 Å². The van der Waals surface area contributed by atoms with Gasteiger partial charge >= 0.3 is 0 Å². The number of aryl methyl sites for hydroxylation is 1. The molecule has 0 radical (unpaired) electrons. The first-order valence-corrected chi connectivity index (χ1v) is 8.96. The van der Waals surface area contributed by atoms with Crippen molar-refractivity contribution in [2.45, 2.75) is 5.16 Å². The first-order valence-electron chi connectivity index (χ1n) is 7.10. The van der Waals surface area contributed by atoms with Gasteiger partial charge in [0.05, 0.1) is 11.9 Å². The summed E-state index contributed by atoms with van der Waals surface area (Å²) in [6.45, 7) is 0.527. The summed E-state index contributed by atoms with van der Waals surface area (Å²) in [7, 11) is 1.88. The maximum absolute atomic E-state index is 12.1. The molecule has 124 valence electrons. The lowest BCUT2D eigenvalue weighted by atomic mass is 10.4. The number of hydrogen-bond donors (Lipinski definition) is 2. The lowest BCUT2D eigenvalue weighted by Gasteiger charge is -2.03. The number of carbonyl (C=O) groups excluding carboxylic acids is 1. The highest BCUT2D eigenvalue weighted by Gasteiger charge is 2.11. The van der Waals surface area contributed by atoms with Gasteiger partial charge in [-0.05, 0) is 12.1 Å². The van der Waals surface area contributed by atoms with Crippen LogP contribution < -0.4 is 10.6 Å². The lowest BCUT2D eigenvalue weighted by Crippen LogP contribution is -2.26. The van der Waals surface area contributed by atoms with E-state index in [-0.39, 0.29) is 5.91 Å². The average molecular weight is 361 g/mol. The predicted octanol–water partition coefficient (Wildman–Crippen LogP) is 1.93. The second-order valence-corrected chi connectivity index (χ2v) is 6.65. The Hall–Kier alpha value is -2.46. The third-order valence-corrected chi connectivity index (χ3v) is 4.73. The fourth-order valence-electron chi connectivity index (χ4n) is 1.80. The summed E-state index contributed by atoms with van der Waals surface area (Å²) < 4.78 is 1.84. The summed E-state index contributed by atoms with van der Waals surface area (Å²) in [5, 5.41) is 16.9. The molecule has 3 aromatic rings. The second kappa shape index (κ2) is 7.88. The molecule has 0 aliphatic rings. The zero-order chi connectivity index (χ0) is 16.8. The summed E-state index contributed by atoms with van der Waals surface area (Å²) in [5.41, 5.74) is 1.23. The molecule has 0 unspecified atom stereocenters. The van der Waals surface area contributed by atoms with Crippen LogP contribution in [0.1, 0.15) is 10.5 Å². The fraction of sp³-hybridized carbons (Fsp3) is 0.214. The molecule has 0 atom stereocenters. The molecule has 0 aromatic carbocycles. The molecule has 0 saturated carbocycles. The van der Waals surface area contributed by atoms with Crippen molar-refractivity contribution in [1.82, 2.24) is 30.0 Å². The highest BCUT2D eigenvalue weighted by Crippen LogP contribution is 2.20. The van der Waals surface area contributed by atoms with Crippen molar-refractivity contribution < 1.29 is 4.79 Å². The van der Waals surface area contributed by atoms with E-state index in [4.69, 9.17) is 0 Å². The molecule has 0 aliphatic carbocycles. The van der Waals surface area contributed by atoms with Crippen LogP contribution in [-0.4, -0.2) is 42.9 Å². The van der Waals surface area contributed by atoms with Crippen LogP contribution in [0.4, 0.5) is 10.8 Å². The highest BCUT2D eigenvalue weighted by atomic mass is 32.2. The van der Waals surface area contributed by atoms with E-state index in [1.165, 1.54) is 23.1 Å². The summed E-state index contributed by atoms with van der Waals surface area (Å²) in [6, 6.07) is 3.72. The van der Waals surface area contributed by atoms with Crippen molar-refractivity contribution in [2.24, 2.45) is 7.05 Å². The first-order chi connectivity index (χ1) is 11.7. The SMILES string of the molecule is Cn1cnnc1SCCNC(=O)c1csc(Nc2cccnc2)n1. The molecule has 10 heteroatoms. The molecule has 3 rings (SSSR count). The molecule has 0 bridgehead atoms. The monoisotopic (exact) mass is 361 g/mol. The predicted molar refractivity (Wildman–Crippen MR) is 93.7 cm³/mol. The third kappa shape index (κ3) is 4.30. The number of pyridine rings is 1. The summed E-state index contributed by atoms with van der Waals surface area (Å²) in [5.74, 6) is 0.521. The Kier molecular flexibility index (Phi) is 5.39. The highest BCUT2D eigenvalue weighted by molar-refractivity contribution is 7.99. The average Bonchev–Trinajstić information content (AvgIpc) is 3.22. The van der Waals surface area contributed by atoms with Gasteiger partial charge < -0.3 is 15.2 Å². The van der Waals surface area contributed by atoms with Crippen molar-refractivity contribution in [1.29, 1.82) is 0 Å². The number of amides is 1. The second-order valence-electron chi connectivity index (χ2n) is 4.73. The quantitative estimate of drug-likeness (QED) is 0.490.